The van der Waals surface area contributed by atoms with Gasteiger partial charge in [0.25, 0.3) is 0 Å². The van der Waals surface area contributed by atoms with Crippen molar-refractivity contribution in [3.05, 3.63) is 70.5 Å². The SMILES string of the molecule is CCCCc1ccccc1CCOC(=O)c1ccc(F)c(F)c1F. The number of ether oxygens (including phenoxy) is 1. The third kappa shape index (κ3) is 4.37. The molecule has 0 heterocycles. The van der Waals surface area contributed by atoms with Gasteiger partial charge in [-0.05, 0) is 36.1 Å². The van der Waals surface area contributed by atoms with Gasteiger partial charge in [-0.1, -0.05) is 37.6 Å². The monoisotopic (exact) mass is 336 g/mol. The van der Waals surface area contributed by atoms with Crippen LogP contribution in [0.25, 0.3) is 0 Å². The normalized spacial score (nSPS) is 10.7. The van der Waals surface area contributed by atoms with Gasteiger partial charge < -0.3 is 4.74 Å². The molecule has 0 aliphatic rings. The molecule has 0 spiro atoms. The third-order valence-electron chi connectivity index (χ3n) is 3.78. The number of rotatable bonds is 7. The van der Waals surface area contributed by atoms with Gasteiger partial charge in [-0.25, -0.2) is 18.0 Å². The summed E-state index contributed by atoms with van der Waals surface area (Å²) in [5.74, 6) is -5.54. The molecule has 24 heavy (non-hydrogen) atoms. The van der Waals surface area contributed by atoms with Crippen molar-refractivity contribution in [1.82, 2.24) is 0 Å². The van der Waals surface area contributed by atoms with E-state index in [4.69, 9.17) is 4.74 Å². The first-order valence-corrected chi connectivity index (χ1v) is 7.92. The van der Waals surface area contributed by atoms with E-state index in [1.165, 1.54) is 5.56 Å². The van der Waals surface area contributed by atoms with E-state index in [0.717, 1.165) is 30.9 Å². The maximum absolute atomic E-state index is 13.6. The van der Waals surface area contributed by atoms with Gasteiger partial charge in [-0.2, -0.15) is 0 Å². The van der Waals surface area contributed by atoms with Gasteiger partial charge in [-0.15, -0.1) is 0 Å². The molecular formula is C19H19F3O2. The van der Waals surface area contributed by atoms with Crippen molar-refractivity contribution in [3.63, 3.8) is 0 Å². The van der Waals surface area contributed by atoms with Crippen LogP contribution in [0.4, 0.5) is 13.2 Å². The van der Waals surface area contributed by atoms with E-state index in [1.807, 2.05) is 24.3 Å². The minimum Gasteiger partial charge on any atom is -0.462 e. The summed E-state index contributed by atoms with van der Waals surface area (Å²) >= 11 is 0. The number of benzene rings is 2. The van der Waals surface area contributed by atoms with Crippen LogP contribution in [0.1, 0.15) is 41.3 Å². The lowest BCUT2D eigenvalue weighted by molar-refractivity contribution is 0.0502. The van der Waals surface area contributed by atoms with E-state index in [0.29, 0.717) is 12.5 Å². The zero-order valence-electron chi connectivity index (χ0n) is 13.5. The van der Waals surface area contributed by atoms with Crippen LogP contribution in [0.2, 0.25) is 0 Å². The van der Waals surface area contributed by atoms with Crippen LogP contribution in [0, 0.1) is 17.5 Å². The molecule has 0 saturated carbocycles. The fourth-order valence-electron chi connectivity index (χ4n) is 2.43. The lowest BCUT2D eigenvalue weighted by Gasteiger charge is -2.10. The molecule has 2 nitrogen and oxygen atoms in total. The number of carbonyl (C=O) groups is 1. The predicted octanol–water partition coefficient (Wildman–Crippen LogP) is 4.85. The highest BCUT2D eigenvalue weighted by Gasteiger charge is 2.19. The predicted molar refractivity (Wildman–Crippen MR) is 85.4 cm³/mol. The van der Waals surface area contributed by atoms with Gasteiger partial charge in [0.2, 0.25) is 0 Å². The average molecular weight is 336 g/mol. The first kappa shape index (κ1) is 18.0. The Morgan fingerprint density at radius 3 is 2.29 bits per heavy atom. The molecule has 0 aromatic heterocycles. The molecule has 128 valence electrons. The van der Waals surface area contributed by atoms with Gasteiger partial charge in [0.15, 0.2) is 17.5 Å². The van der Waals surface area contributed by atoms with Crippen molar-refractivity contribution in [3.8, 4) is 0 Å². The summed E-state index contributed by atoms with van der Waals surface area (Å²) in [6.45, 7) is 2.15. The Hall–Kier alpha value is -2.30. The molecule has 0 radical (unpaired) electrons. The lowest BCUT2D eigenvalue weighted by atomic mass is 10.0. The van der Waals surface area contributed by atoms with Crippen molar-refractivity contribution in [2.75, 3.05) is 6.61 Å². The van der Waals surface area contributed by atoms with Gasteiger partial charge in [0, 0.05) is 6.42 Å². The van der Waals surface area contributed by atoms with Crippen LogP contribution in [-0.2, 0) is 17.6 Å². The molecule has 0 amide bonds. The standard InChI is InChI=1S/C19H19F3O2/c1-2-3-6-13-7-4-5-8-14(13)11-12-24-19(23)15-9-10-16(20)18(22)17(15)21/h4-5,7-10H,2-3,6,11-12H2,1H3. The minimum atomic E-state index is -1.67. The number of hydrogen-bond acceptors (Lipinski definition) is 2. The van der Waals surface area contributed by atoms with Crippen LogP contribution in [0.15, 0.2) is 36.4 Å². The number of unbranched alkanes of at least 4 members (excludes halogenated alkanes) is 1. The highest BCUT2D eigenvalue weighted by atomic mass is 19.2. The molecule has 0 saturated heterocycles. The second kappa shape index (κ2) is 8.52. The lowest BCUT2D eigenvalue weighted by Crippen LogP contribution is -2.12. The molecule has 2 aromatic carbocycles. The van der Waals surface area contributed by atoms with Gasteiger partial charge in [0.05, 0.1) is 12.2 Å². The summed E-state index contributed by atoms with van der Waals surface area (Å²) in [6, 6.07) is 9.43. The fourth-order valence-corrected chi connectivity index (χ4v) is 2.43. The van der Waals surface area contributed by atoms with E-state index in [2.05, 4.69) is 6.92 Å². The Labute approximate surface area is 139 Å². The molecule has 5 heteroatoms. The van der Waals surface area contributed by atoms with Crippen LogP contribution in [0.3, 0.4) is 0 Å². The molecular weight excluding hydrogens is 317 g/mol. The van der Waals surface area contributed by atoms with Crippen molar-refractivity contribution in [2.24, 2.45) is 0 Å². The first-order valence-electron chi connectivity index (χ1n) is 7.92. The summed E-state index contributed by atoms with van der Waals surface area (Å²) in [5, 5.41) is 0. The smallest absolute Gasteiger partial charge is 0.341 e. The summed E-state index contributed by atoms with van der Waals surface area (Å²) < 4.78 is 44.6. The number of hydrogen-bond donors (Lipinski definition) is 0. The van der Waals surface area contributed by atoms with Gasteiger partial charge in [0.1, 0.15) is 0 Å². The second-order valence-electron chi connectivity index (χ2n) is 5.48. The maximum Gasteiger partial charge on any atom is 0.341 e. The molecule has 0 aliphatic heterocycles. The Balaban J connectivity index is 1.97. The van der Waals surface area contributed by atoms with Crippen LogP contribution >= 0.6 is 0 Å². The molecule has 0 aliphatic carbocycles. The second-order valence-corrected chi connectivity index (χ2v) is 5.48. The number of halogens is 3. The Kier molecular flexibility index (Phi) is 6.41. The van der Waals surface area contributed by atoms with Crippen molar-refractivity contribution in [1.29, 1.82) is 0 Å². The average Bonchev–Trinajstić information content (AvgIpc) is 2.59. The number of aryl methyl sites for hydroxylation is 1. The summed E-state index contributed by atoms with van der Waals surface area (Å²) in [7, 11) is 0. The molecule has 0 unspecified atom stereocenters. The van der Waals surface area contributed by atoms with Crippen molar-refractivity contribution >= 4 is 5.97 Å². The minimum absolute atomic E-state index is 0.0421. The van der Waals surface area contributed by atoms with E-state index in [-0.39, 0.29) is 6.61 Å². The quantitative estimate of drug-likeness (QED) is 0.534. The summed E-state index contributed by atoms with van der Waals surface area (Å²) in [5.41, 5.74) is 1.65. The molecule has 2 aromatic rings. The van der Waals surface area contributed by atoms with Crippen LogP contribution in [-0.4, -0.2) is 12.6 Å². The van der Waals surface area contributed by atoms with E-state index < -0.39 is 29.0 Å². The summed E-state index contributed by atoms with van der Waals surface area (Å²) in [4.78, 5) is 11.8. The van der Waals surface area contributed by atoms with Gasteiger partial charge in [-0.3, -0.25) is 0 Å². The van der Waals surface area contributed by atoms with E-state index in [1.54, 1.807) is 0 Å². The van der Waals surface area contributed by atoms with Gasteiger partial charge >= 0.3 is 5.97 Å². The largest absolute Gasteiger partial charge is 0.462 e. The number of esters is 1. The Morgan fingerprint density at radius 1 is 0.958 bits per heavy atom. The highest BCUT2D eigenvalue weighted by Crippen LogP contribution is 2.17. The first-order chi connectivity index (χ1) is 11.5. The number of carbonyl (C=O) groups excluding carboxylic acids is 1. The molecule has 0 atom stereocenters. The molecule has 2 rings (SSSR count). The third-order valence-corrected chi connectivity index (χ3v) is 3.78. The summed E-state index contributed by atoms with van der Waals surface area (Å²) in [6.07, 6.45) is 3.57. The molecule has 0 N–H and O–H groups in total. The van der Waals surface area contributed by atoms with Crippen LogP contribution in [0.5, 0.6) is 0 Å². The van der Waals surface area contributed by atoms with Crippen LogP contribution < -0.4 is 0 Å². The zero-order valence-corrected chi connectivity index (χ0v) is 13.5. The molecule has 0 bridgehead atoms. The molecule has 0 fully saturated rings. The van der Waals surface area contributed by atoms with Crippen molar-refractivity contribution in [2.45, 2.75) is 32.6 Å². The highest BCUT2D eigenvalue weighted by molar-refractivity contribution is 5.89. The van der Waals surface area contributed by atoms with E-state index in [9.17, 15) is 18.0 Å². The Bertz CT molecular complexity index is 714. The van der Waals surface area contributed by atoms with Crippen molar-refractivity contribution < 1.29 is 22.7 Å². The maximum atomic E-state index is 13.6. The topological polar surface area (TPSA) is 26.3 Å². The Morgan fingerprint density at radius 2 is 1.62 bits per heavy atom. The van der Waals surface area contributed by atoms with E-state index >= 15 is 0 Å². The zero-order chi connectivity index (χ0) is 17.5. The fraction of sp³-hybridized carbons (Fsp3) is 0.316.